The predicted molar refractivity (Wildman–Crippen MR) is 125 cm³/mol. The van der Waals surface area contributed by atoms with Crippen LogP contribution in [0.15, 0.2) is 42.5 Å². The zero-order chi connectivity index (χ0) is 22.7. The molecule has 0 saturated carbocycles. The average Bonchev–Trinajstić information content (AvgIpc) is 3.41. The maximum absolute atomic E-state index is 12.6. The third-order valence-corrected chi connectivity index (χ3v) is 6.76. The Balaban J connectivity index is 1.33. The van der Waals surface area contributed by atoms with Crippen LogP contribution >= 0.6 is 11.3 Å². The van der Waals surface area contributed by atoms with Crippen LogP contribution in [0.4, 0.5) is 10.8 Å². The molecule has 32 heavy (non-hydrogen) atoms. The molecule has 1 atom stereocenters. The summed E-state index contributed by atoms with van der Waals surface area (Å²) >= 11 is 1.34. The molecule has 166 valence electrons. The molecule has 2 heterocycles. The first-order valence-corrected chi connectivity index (χ1v) is 11.4. The topological polar surface area (TPSA) is 84.4 Å². The third kappa shape index (κ3) is 4.96. The molecule has 3 aromatic rings. The van der Waals surface area contributed by atoms with E-state index in [0.29, 0.717) is 30.9 Å². The van der Waals surface area contributed by atoms with Gasteiger partial charge in [-0.25, -0.2) is 0 Å². The number of anilines is 2. The minimum atomic E-state index is -0.109. The van der Waals surface area contributed by atoms with Crippen molar-refractivity contribution >= 4 is 34.0 Å². The van der Waals surface area contributed by atoms with E-state index in [1.165, 1.54) is 16.9 Å². The van der Waals surface area contributed by atoms with Crippen LogP contribution in [0.1, 0.15) is 40.5 Å². The molecule has 1 aliphatic rings. The maximum Gasteiger partial charge on any atom is 0.227 e. The van der Waals surface area contributed by atoms with Gasteiger partial charge in [0.1, 0.15) is 10.8 Å². The average molecular weight is 451 g/mol. The largest absolute Gasteiger partial charge is 0.497 e. The van der Waals surface area contributed by atoms with Gasteiger partial charge in [0.05, 0.1) is 7.11 Å². The summed E-state index contributed by atoms with van der Waals surface area (Å²) in [6.07, 6.45) is 1.38. The molecular weight excluding hydrogens is 424 g/mol. The Morgan fingerprint density at radius 1 is 1.16 bits per heavy atom. The standard InChI is InChI=1S/C24H26N4O3S/c1-15-4-8-19(12-16(15)2)28-14-18(13-22(28)30)23-26-27-24(32-23)25-21(29)11-7-17-5-9-20(31-3)10-6-17/h4-6,8-10,12,18H,7,11,13-14H2,1-3H3,(H,25,27,29)/t18-/m1/s1. The van der Waals surface area contributed by atoms with E-state index in [1.807, 2.05) is 54.3 Å². The molecule has 1 N–H and O–H groups in total. The second-order valence-corrected chi connectivity index (χ2v) is 9.02. The number of nitrogens with one attached hydrogen (secondary N) is 1. The molecule has 0 spiro atoms. The van der Waals surface area contributed by atoms with Crippen molar-refractivity contribution in [1.82, 2.24) is 10.2 Å². The Kier molecular flexibility index (Phi) is 6.50. The van der Waals surface area contributed by atoms with Gasteiger partial charge in [0.2, 0.25) is 16.9 Å². The molecule has 0 radical (unpaired) electrons. The fraction of sp³-hybridized carbons (Fsp3) is 0.333. The zero-order valence-electron chi connectivity index (χ0n) is 18.4. The lowest BCUT2D eigenvalue weighted by atomic mass is 10.1. The van der Waals surface area contributed by atoms with Crippen LogP contribution in [0.3, 0.4) is 0 Å². The van der Waals surface area contributed by atoms with Crippen LogP contribution in [-0.2, 0) is 16.0 Å². The molecule has 2 aromatic carbocycles. The highest BCUT2D eigenvalue weighted by atomic mass is 32.1. The number of rotatable bonds is 7. The number of aryl methyl sites for hydroxylation is 3. The van der Waals surface area contributed by atoms with Gasteiger partial charge >= 0.3 is 0 Å². The lowest BCUT2D eigenvalue weighted by Gasteiger charge is -2.17. The van der Waals surface area contributed by atoms with Crippen molar-refractivity contribution in [3.05, 3.63) is 64.2 Å². The highest BCUT2D eigenvalue weighted by Gasteiger charge is 2.34. The van der Waals surface area contributed by atoms with Gasteiger partial charge in [0, 0.05) is 31.0 Å². The number of hydrogen-bond acceptors (Lipinski definition) is 6. The Hall–Kier alpha value is -3.26. The van der Waals surface area contributed by atoms with Crippen molar-refractivity contribution < 1.29 is 14.3 Å². The minimum Gasteiger partial charge on any atom is -0.497 e. The molecule has 1 fully saturated rings. The second-order valence-electron chi connectivity index (χ2n) is 8.02. The van der Waals surface area contributed by atoms with Gasteiger partial charge in [-0.3, -0.25) is 9.59 Å². The van der Waals surface area contributed by atoms with Crippen molar-refractivity contribution in [2.24, 2.45) is 0 Å². The molecule has 8 heteroatoms. The highest BCUT2D eigenvalue weighted by molar-refractivity contribution is 7.15. The number of carbonyl (C=O) groups excluding carboxylic acids is 2. The normalized spacial score (nSPS) is 15.8. The zero-order valence-corrected chi connectivity index (χ0v) is 19.2. The minimum absolute atomic E-state index is 0.0217. The van der Waals surface area contributed by atoms with E-state index in [4.69, 9.17) is 4.74 Å². The van der Waals surface area contributed by atoms with Gasteiger partial charge in [-0.1, -0.05) is 29.5 Å². The summed E-state index contributed by atoms with van der Waals surface area (Å²) in [5, 5.41) is 12.4. The van der Waals surface area contributed by atoms with Gasteiger partial charge < -0.3 is 15.0 Å². The molecule has 7 nitrogen and oxygen atoms in total. The van der Waals surface area contributed by atoms with E-state index in [0.717, 1.165) is 27.6 Å². The summed E-state index contributed by atoms with van der Waals surface area (Å²) in [5.41, 5.74) is 4.34. The monoisotopic (exact) mass is 450 g/mol. The quantitative estimate of drug-likeness (QED) is 0.582. The molecule has 1 aliphatic heterocycles. The molecule has 4 rings (SSSR count). The molecule has 2 amide bonds. The van der Waals surface area contributed by atoms with E-state index >= 15 is 0 Å². The fourth-order valence-electron chi connectivity index (χ4n) is 3.70. The Morgan fingerprint density at radius 3 is 2.66 bits per heavy atom. The van der Waals surface area contributed by atoms with E-state index in [9.17, 15) is 9.59 Å². The summed E-state index contributed by atoms with van der Waals surface area (Å²) in [6, 6.07) is 13.7. The molecule has 1 aromatic heterocycles. The van der Waals surface area contributed by atoms with Gasteiger partial charge in [0.25, 0.3) is 0 Å². The lowest BCUT2D eigenvalue weighted by molar-refractivity contribution is -0.117. The number of aromatic nitrogens is 2. The Labute approximate surface area is 191 Å². The van der Waals surface area contributed by atoms with Crippen molar-refractivity contribution in [3.8, 4) is 5.75 Å². The number of methoxy groups -OCH3 is 1. The van der Waals surface area contributed by atoms with E-state index in [2.05, 4.69) is 22.4 Å². The van der Waals surface area contributed by atoms with Gasteiger partial charge in [-0.05, 0) is 61.2 Å². The number of amides is 2. The van der Waals surface area contributed by atoms with Crippen LogP contribution in [0.25, 0.3) is 0 Å². The number of carbonyl (C=O) groups is 2. The maximum atomic E-state index is 12.6. The first-order chi connectivity index (χ1) is 15.4. The fourth-order valence-corrected chi connectivity index (χ4v) is 4.55. The van der Waals surface area contributed by atoms with Crippen molar-refractivity contribution in [1.29, 1.82) is 0 Å². The number of nitrogens with zero attached hydrogens (tertiary/aromatic N) is 3. The molecule has 0 aliphatic carbocycles. The van der Waals surface area contributed by atoms with Crippen molar-refractivity contribution in [2.45, 2.75) is 39.0 Å². The smallest absolute Gasteiger partial charge is 0.227 e. The van der Waals surface area contributed by atoms with Crippen LogP contribution in [0, 0.1) is 13.8 Å². The number of ether oxygens (including phenoxy) is 1. The molecular formula is C24H26N4O3S. The van der Waals surface area contributed by atoms with Crippen LogP contribution < -0.4 is 15.0 Å². The second kappa shape index (κ2) is 9.48. The van der Waals surface area contributed by atoms with E-state index in [1.54, 1.807) is 7.11 Å². The predicted octanol–water partition coefficient (Wildman–Crippen LogP) is 4.26. The van der Waals surface area contributed by atoms with Crippen LogP contribution in [-0.4, -0.2) is 35.7 Å². The number of benzene rings is 2. The van der Waals surface area contributed by atoms with Gasteiger partial charge in [-0.2, -0.15) is 0 Å². The van der Waals surface area contributed by atoms with Gasteiger partial charge in [0.15, 0.2) is 0 Å². The SMILES string of the molecule is COc1ccc(CCC(=O)Nc2nnc([C@@H]3CC(=O)N(c4ccc(C)c(C)c4)C3)s2)cc1. The Bertz CT molecular complexity index is 1130. The summed E-state index contributed by atoms with van der Waals surface area (Å²) in [7, 11) is 1.63. The van der Waals surface area contributed by atoms with Crippen LogP contribution in [0.5, 0.6) is 5.75 Å². The third-order valence-electron chi connectivity index (χ3n) is 5.76. The molecule has 0 unspecified atom stereocenters. The van der Waals surface area contributed by atoms with Crippen LogP contribution in [0.2, 0.25) is 0 Å². The van der Waals surface area contributed by atoms with E-state index in [-0.39, 0.29) is 17.7 Å². The summed E-state index contributed by atoms with van der Waals surface area (Å²) < 4.78 is 5.15. The van der Waals surface area contributed by atoms with Gasteiger partial charge in [-0.15, -0.1) is 10.2 Å². The first-order valence-electron chi connectivity index (χ1n) is 10.6. The molecule has 1 saturated heterocycles. The number of hydrogen-bond donors (Lipinski definition) is 1. The van der Waals surface area contributed by atoms with Crippen molar-refractivity contribution in [2.75, 3.05) is 23.9 Å². The first kappa shape index (κ1) is 22.0. The summed E-state index contributed by atoms with van der Waals surface area (Å²) in [4.78, 5) is 26.7. The summed E-state index contributed by atoms with van der Waals surface area (Å²) in [5.74, 6) is 0.744. The highest BCUT2D eigenvalue weighted by Crippen LogP contribution is 2.34. The lowest BCUT2D eigenvalue weighted by Crippen LogP contribution is -2.24. The molecule has 0 bridgehead atoms. The van der Waals surface area contributed by atoms with Crippen molar-refractivity contribution in [3.63, 3.8) is 0 Å². The van der Waals surface area contributed by atoms with E-state index < -0.39 is 0 Å². The summed E-state index contributed by atoms with van der Waals surface area (Å²) in [6.45, 7) is 4.67. The Morgan fingerprint density at radius 2 is 1.94 bits per heavy atom.